The SMILES string of the molecule is CCC(=O)N1CCc2cc(Br)c(S(=O)(=O)CCC(=O)NC[C@@H]3COc4ccccc4O3)cc21. The molecular weight excluding hydrogens is 512 g/mol. The average molecular weight is 537 g/mol. The molecule has 2 heterocycles. The highest BCUT2D eigenvalue weighted by Crippen LogP contribution is 2.36. The summed E-state index contributed by atoms with van der Waals surface area (Å²) in [6.07, 6.45) is 0.486. The zero-order valence-electron chi connectivity index (χ0n) is 18.2. The Morgan fingerprint density at radius 2 is 1.97 bits per heavy atom. The van der Waals surface area contributed by atoms with Gasteiger partial charge in [0.2, 0.25) is 11.8 Å². The number of carbonyl (C=O) groups is 2. The number of amides is 2. The van der Waals surface area contributed by atoms with E-state index in [2.05, 4.69) is 21.2 Å². The van der Waals surface area contributed by atoms with Crippen LogP contribution in [0, 0.1) is 0 Å². The summed E-state index contributed by atoms with van der Waals surface area (Å²) >= 11 is 3.35. The zero-order valence-corrected chi connectivity index (χ0v) is 20.6. The molecule has 10 heteroatoms. The molecule has 0 saturated heterocycles. The van der Waals surface area contributed by atoms with Crippen LogP contribution in [-0.2, 0) is 25.8 Å². The van der Waals surface area contributed by atoms with E-state index in [1.54, 1.807) is 24.0 Å². The van der Waals surface area contributed by atoms with Crippen molar-refractivity contribution in [1.29, 1.82) is 0 Å². The van der Waals surface area contributed by atoms with E-state index in [1.165, 1.54) is 6.07 Å². The Bertz CT molecular complexity index is 1180. The molecule has 0 fully saturated rings. The van der Waals surface area contributed by atoms with Crippen LogP contribution in [0.15, 0.2) is 45.8 Å². The van der Waals surface area contributed by atoms with Crippen molar-refractivity contribution in [3.8, 4) is 11.5 Å². The smallest absolute Gasteiger partial charge is 0.226 e. The van der Waals surface area contributed by atoms with Gasteiger partial charge in [-0.2, -0.15) is 0 Å². The molecule has 8 nitrogen and oxygen atoms in total. The first-order valence-corrected chi connectivity index (χ1v) is 13.2. The van der Waals surface area contributed by atoms with Crippen molar-refractivity contribution in [1.82, 2.24) is 5.32 Å². The van der Waals surface area contributed by atoms with Gasteiger partial charge in [-0.3, -0.25) is 9.59 Å². The van der Waals surface area contributed by atoms with E-state index in [0.717, 1.165) is 5.56 Å². The standard InChI is InChI=1S/C23H25BrN2O6S/c1-2-23(28)26-9-7-15-11-17(24)21(12-18(15)26)33(29,30)10-8-22(27)25-13-16-14-31-19-5-3-4-6-20(19)32-16/h3-6,11-12,16H,2,7-10,13-14H2,1H3,(H,25,27)/t16-/m1/s1. The van der Waals surface area contributed by atoms with Gasteiger partial charge in [0.25, 0.3) is 0 Å². The Labute approximate surface area is 201 Å². The third kappa shape index (κ3) is 5.16. The molecule has 2 aliphatic rings. The molecule has 0 saturated carbocycles. The molecule has 2 aromatic carbocycles. The number of hydrogen-bond donors (Lipinski definition) is 1. The lowest BCUT2D eigenvalue weighted by Gasteiger charge is -2.26. The van der Waals surface area contributed by atoms with E-state index in [4.69, 9.17) is 9.47 Å². The summed E-state index contributed by atoms with van der Waals surface area (Å²) in [6.45, 7) is 2.82. The number of rotatable bonds is 7. The van der Waals surface area contributed by atoms with Crippen LogP contribution in [0.5, 0.6) is 11.5 Å². The topological polar surface area (TPSA) is 102 Å². The van der Waals surface area contributed by atoms with Gasteiger partial charge in [0.15, 0.2) is 21.3 Å². The Kier molecular flexibility index (Phi) is 6.94. The number of anilines is 1. The third-order valence-electron chi connectivity index (χ3n) is 5.66. The predicted octanol–water partition coefficient (Wildman–Crippen LogP) is 2.87. The molecule has 33 heavy (non-hydrogen) atoms. The van der Waals surface area contributed by atoms with Crippen LogP contribution in [0.25, 0.3) is 0 Å². The van der Waals surface area contributed by atoms with Gasteiger partial charge in [-0.15, -0.1) is 0 Å². The van der Waals surface area contributed by atoms with Gasteiger partial charge in [0.1, 0.15) is 12.7 Å². The fourth-order valence-corrected chi connectivity index (χ4v) is 6.34. The van der Waals surface area contributed by atoms with Crippen LogP contribution < -0.4 is 19.7 Å². The molecule has 176 valence electrons. The summed E-state index contributed by atoms with van der Waals surface area (Å²) in [5, 5.41) is 2.72. The first-order valence-electron chi connectivity index (χ1n) is 10.8. The number of hydrogen-bond acceptors (Lipinski definition) is 6. The Morgan fingerprint density at radius 1 is 1.21 bits per heavy atom. The molecule has 0 radical (unpaired) electrons. The second-order valence-electron chi connectivity index (χ2n) is 7.93. The van der Waals surface area contributed by atoms with Gasteiger partial charge in [-0.1, -0.05) is 19.1 Å². The van der Waals surface area contributed by atoms with Crippen molar-refractivity contribution < 1.29 is 27.5 Å². The van der Waals surface area contributed by atoms with E-state index >= 15 is 0 Å². The second-order valence-corrected chi connectivity index (χ2v) is 10.9. The molecule has 0 aromatic heterocycles. The fraction of sp³-hybridized carbons (Fsp3) is 0.391. The highest BCUT2D eigenvalue weighted by Gasteiger charge is 2.29. The summed E-state index contributed by atoms with van der Waals surface area (Å²) in [4.78, 5) is 26.2. The monoisotopic (exact) mass is 536 g/mol. The third-order valence-corrected chi connectivity index (χ3v) is 8.33. The molecule has 0 spiro atoms. The van der Waals surface area contributed by atoms with Gasteiger partial charge in [0.05, 0.1) is 17.2 Å². The zero-order chi connectivity index (χ0) is 23.6. The van der Waals surface area contributed by atoms with Gasteiger partial charge in [-0.25, -0.2) is 8.42 Å². The van der Waals surface area contributed by atoms with E-state index in [9.17, 15) is 18.0 Å². The predicted molar refractivity (Wildman–Crippen MR) is 127 cm³/mol. The van der Waals surface area contributed by atoms with Crippen molar-refractivity contribution in [3.63, 3.8) is 0 Å². The largest absolute Gasteiger partial charge is 0.486 e. The molecule has 2 aliphatic heterocycles. The molecule has 0 bridgehead atoms. The van der Waals surface area contributed by atoms with Crippen LogP contribution in [0.4, 0.5) is 5.69 Å². The Morgan fingerprint density at radius 3 is 2.73 bits per heavy atom. The van der Waals surface area contributed by atoms with Crippen molar-refractivity contribution in [2.45, 2.75) is 37.2 Å². The normalized spacial score (nSPS) is 16.9. The van der Waals surface area contributed by atoms with Crippen molar-refractivity contribution in [3.05, 3.63) is 46.4 Å². The number of halogens is 1. The molecular formula is C23H25BrN2O6S. The summed E-state index contributed by atoms with van der Waals surface area (Å²) in [7, 11) is -3.75. The van der Waals surface area contributed by atoms with Gasteiger partial charge >= 0.3 is 0 Å². The number of para-hydroxylation sites is 2. The lowest BCUT2D eigenvalue weighted by molar-refractivity contribution is -0.121. The van der Waals surface area contributed by atoms with E-state index < -0.39 is 9.84 Å². The van der Waals surface area contributed by atoms with Crippen LogP contribution in [-0.4, -0.2) is 51.8 Å². The highest BCUT2D eigenvalue weighted by atomic mass is 79.9. The molecule has 1 atom stereocenters. The first-order chi connectivity index (χ1) is 15.8. The van der Waals surface area contributed by atoms with Crippen LogP contribution in [0.1, 0.15) is 25.3 Å². The number of fused-ring (bicyclic) bond motifs is 2. The van der Waals surface area contributed by atoms with Crippen molar-refractivity contribution >= 4 is 43.3 Å². The molecule has 4 rings (SSSR count). The van der Waals surface area contributed by atoms with Crippen molar-refractivity contribution in [2.24, 2.45) is 0 Å². The summed E-state index contributed by atoms with van der Waals surface area (Å²) in [5.74, 6) is 0.493. The number of ether oxygens (including phenoxy) is 2. The quantitative estimate of drug-likeness (QED) is 0.583. The minimum absolute atomic E-state index is 0.0460. The van der Waals surface area contributed by atoms with E-state index in [1.807, 2.05) is 18.2 Å². The molecule has 1 N–H and O–H groups in total. The second kappa shape index (κ2) is 9.72. The fourth-order valence-electron chi connectivity index (χ4n) is 3.89. The summed E-state index contributed by atoms with van der Waals surface area (Å²) < 4.78 is 37.8. The molecule has 0 aliphatic carbocycles. The summed E-state index contributed by atoms with van der Waals surface area (Å²) in [5.41, 5.74) is 1.56. The van der Waals surface area contributed by atoms with Crippen LogP contribution in [0.2, 0.25) is 0 Å². The number of benzene rings is 2. The van der Waals surface area contributed by atoms with E-state index in [-0.39, 0.29) is 41.5 Å². The van der Waals surface area contributed by atoms with E-state index in [0.29, 0.717) is 47.7 Å². The average Bonchev–Trinajstić information content (AvgIpc) is 3.23. The lowest BCUT2D eigenvalue weighted by atomic mass is 10.2. The molecule has 0 unspecified atom stereocenters. The van der Waals surface area contributed by atoms with Gasteiger partial charge in [0, 0.05) is 29.5 Å². The Balaban J connectivity index is 1.36. The summed E-state index contributed by atoms with van der Waals surface area (Å²) in [6, 6.07) is 10.6. The maximum atomic E-state index is 13.0. The lowest BCUT2D eigenvalue weighted by Crippen LogP contribution is -2.41. The van der Waals surface area contributed by atoms with Crippen LogP contribution in [0.3, 0.4) is 0 Å². The molecule has 2 aromatic rings. The number of nitrogens with one attached hydrogen (secondary N) is 1. The minimum atomic E-state index is -3.75. The van der Waals surface area contributed by atoms with Crippen molar-refractivity contribution in [2.75, 3.05) is 30.3 Å². The Hall–Kier alpha value is -2.59. The highest BCUT2D eigenvalue weighted by molar-refractivity contribution is 9.10. The van der Waals surface area contributed by atoms with Gasteiger partial charge in [-0.05, 0) is 52.2 Å². The minimum Gasteiger partial charge on any atom is -0.486 e. The first kappa shape index (κ1) is 23.6. The number of nitrogens with zero attached hydrogens (tertiary/aromatic N) is 1. The molecule has 2 amide bonds. The number of sulfone groups is 1. The maximum absolute atomic E-state index is 13.0. The van der Waals surface area contributed by atoms with Crippen LogP contribution >= 0.6 is 15.9 Å². The number of carbonyl (C=O) groups excluding carboxylic acids is 2. The van der Waals surface area contributed by atoms with Gasteiger partial charge < -0.3 is 19.7 Å². The maximum Gasteiger partial charge on any atom is 0.226 e.